The predicted molar refractivity (Wildman–Crippen MR) is 114 cm³/mol. The van der Waals surface area contributed by atoms with Gasteiger partial charge in [0.05, 0.1) is 34.7 Å². The van der Waals surface area contributed by atoms with Crippen LogP contribution in [-0.4, -0.2) is 38.6 Å². The van der Waals surface area contributed by atoms with E-state index in [0.717, 1.165) is 21.5 Å². The summed E-state index contributed by atoms with van der Waals surface area (Å²) in [5, 5.41) is 0. The first-order chi connectivity index (χ1) is 14.1. The van der Waals surface area contributed by atoms with Crippen LogP contribution in [0.4, 0.5) is 0 Å². The molecule has 0 aliphatic rings. The Kier molecular flexibility index (Phi) is 5.57. The summed E-state index contributed by atoms with van der Waals surface area (Å²) in [5.74, 6) is 2.35. The molecule has 7 heteroatoms. The van der Waals surface area contributed by atoms with Crippen LogP contribution in [-0.2, 0) is 10.8 Å². The van der Waals surface area contributed by atoms with E-state index in [1.165, 1.54) is 0 Å². The van der Waals surface area contributed by atoms with E-state index >= 15 is 0 Å². The monoisotopic (exact) mass is 407 g/mol. The van der Waals surface area contributed by atoms with Gasteiger partial charge in [-0.25, -0.2) is 9.97 Å². The minimum atomic E-state index is -1.13. The van der Waals surface area contributed by atoms with E-state index < -0.39 is 10.8 Å². The number of ether oxygens (including phenoxy) is 2. The number of aromatic amines is 1. The van der Waals surface area contributed by atoms with Crippen molar-refractivity contribution in [3.05, 3.63) is 66.4 Å². The first kappa shape index (κ1) is 19.1. The summed E-state index contributed by atoms with van der Waals surface area (Å²) in [4.78, 5) is 12.9. The van der Waals surface area contributed by atoms with Crippen molar-refractivity contribution in [3.63, 3.8) is 0 Å². The number of methoxy groups -OCH3 is 1. The van der Waals surface area contributed by atoms with Gasteiger partial charge >= 0.3 is 0 Å². The zero-order valence-corrected chi connectivity index (χ0v) is 17.0. The van der Waals surface area contributed by atoms with E-state index in [-0.39, 0.29) is 0 Å². The summed E-state index contributed by atoms with van der Waals surface area (Å²) in [6.07, 6.45) is 1.71. The van der Waals surface area contributed by atoms with Gasteiger partial charge in [0.25, 0.3) is 0 Å². The molecule has 29 heavy (non-hydrogen) atoms. The summed E-state index contributed by atoms with van der Waals surface area (Å²) in [6, 6.07) is 17.1. The van der Waals surface area contributed by atoms with Crippen molar-refractivity contribution < 1.29 is 13.7 Å². The number of fused-ring (bicyclic) bond motifs is 1. The van der Waals surface area contributed by atoms with Crippen molar-refractivity contribution in [2.75, 3.05) is 19.5 Å². The Morgan fingerprint density at radius 1 is 1.10 bits per heavy atom. The number of nitrogens with one attached hydrogen (secondary N) is 1. The molecule has 1 unspecified atom stereocenters. The number of pyridine rings is 1. The average molecular weight is 407 g/mol. The molecule has 2 heterocycles. The fraction of sp³-hybridized carbons (Fsp3) is 0.182. The first-order valence-electron chi connectivity index (χ1n) is 9.21. The number of nitrogens with zero attached hydrogens (tertiary/aromatic N) is 2. The summed E-state index contributed by atoms with van der Waals surface area (Å²) in [5.41, 5.74) is 3.38. The second-order valence-corrected chi connectivity index (χ2v) is 8.11. The highest BCUT2D eigenvalue weighted by molar-refractivity contribution is 7.85. The molecule has 4 rings (SSSR count). The standard InChI is InChI=1S/C22H21N3O3S/c1-15-5-3-6-17(13-15)29(26)12-11-28-20-14-16(27-2)8-9-18(20)21-24-19-7-4-10-23-22(19)25-21/h3-10,13-14H,11-12H2,1-2H3,(H,23,24,25). The quantitative estimate of drug-likeness (QED) is 0.498. The molecule has 0 saturated carbocycles. The third-order valence-electron chi connectivity index (χ3n) is 4.48. The van der Waals surface area contributed by atoms with Crippen LogP contribution in [0.2, 0.25) is 0 Å². The van der Waals surface area contributed by atoms with Gasteiger partial charge in [0.15, 0.2) is 5.65 Å². The molecule has 0 saturated heterocycles. The Bertz CT molecular complexity index is 1140. The number of H-pyrrole nitrogens is 1. The van der Waals surface area contributed by atoms with E-state index in [2.05, 4.69) is 15.0 Å². The lowest BCUT2D eigenvalue weighted by atomic mass is 10.2. The van der Waals surface area contributed by atoms with Crippen LogP contribution in [0, 0.1) is 6.92 Å². The van der Waals surface area contributed by atoms with Crippen LogP contribution in [0.5, 0.6) is 11.5 Å². The largest absolute Gasteiger partial charge is 0.497 e. The number of imidazole rings is 1. The Morgan fingerprint density at radius 3 is 2.79 bits per heavy atom. The number of hydrogen-bond acceptors (Lipinski definition) is 5. The van der Waals surface area contributed by atoms with Gasteiger partial charge in [-0.2, -0.15) is 0 Å². The van der Waals surface area contributed by atoms with Gasteiger partial charge < -0.3 is 14.5 Å². The molecule has 0 aliphatic heterocycles. The van der Waals surface area contributed by atoms with Crippen LogP contribution in [0.25, 0.3) is 22.6 Å². The second-order valence-electron chi connectivity index (χ2n) is 6.54. The number of hydrogen-bond donors (Lipinski definition) is 1. The molecular formula is C22H21N3O3S. The fourth-order valence-corrected chi connectivity index (χ4v) is 4.04. The van der Waals surface area contributed by atoms with Crippen molar-refractivity contribution in [1.29, 1.82) is 0 Å². The maximum Gasteiger partial charge on any atom is 0.178 e. The Morgan fingerprint density at radius 2 is 2.00 bits per heavy atom. The van der Waals surface area contributed by atoms with E-state index in [4.69, 9.17) is 9.47 Å². The van der Waals surface area contributed by atoms with Gasteiger partial charge in [-0.1, -0.05) is 12.1 Å². The smallest absolute Gasteiger partial charge is 0.178 e. The van der Waals surface area contributed by atoms with Gasteiger partial charge in [-0.05, 0) is 48.9 Å². The molecule has 1 N–H and O–H groups in total. The van der Waals surface area contributed by atoms with E-state index in [1.54, 1.807) is 13.3 Å². The minimum Gasteiger partial charge on any atom is -0.497 e. The summed E-state index contributed by atoms with van der Waals surface area (Å²) in [6.45, 7) is 2.29. The van der Waals surface area contributed by atoms with Gasteiger partial charge in [0.1, 0.15) is 23.9 Å². The van der Waals surface area contributed by atoms with Gasteiger partial charge in [-0.15, -0.1) is 0 Å². The lowest BCUT2D eigenvalue weighted by Gasteiger charge is -2.12. The molecule has 0 radical (unpaired) electrons. The highest BCUT2D eigenvalue weighted by Crippen LogP contribution is 2.32. The van der Waals surface area contributed by atoms with E-state index in [1.807, 2.05) is 61.5 Å². The second kappa shape index (κ2) is 8.45. The molecule has 2 aromatic heterocycles. The number of rotatable bonds is 7. The SMILES string of the molecule is COc1ccc(-c2nc3ncccc3[nH]2)c(OCCS(=O)c2cccc(C)c2)c1. The van der Waals surface area contributed by atoms with Crippen LogP contribution in [0.15, 0.2) is 65.7 Å². The van der Waals surface area contributed by atoms with Crippen molar-refractivity contribution in [2.24, 2.45) is 0 Å². The molecule has 0 bridgehead atoms. The normalized spacial score (nSPS) is 12.1. The van der Waals surface area contributed by atoms with Gasteiger partial charge in [0.2, 0.25) is 0 Å². The summed E-state index contributed by atoms with van der Waals surface area (Å²) < 4.78 is 23.9. The van der Waals surface area contributed by atoms with E-state index in [9.17, 15) is 4.21 Å². The maximum atomic E-state index is 12.6. The molecular weight excluding hydrogens is 386 g/mol. The Balaban J connectivity index is 1.55. The van der Waals surface area contributed by atoms with Crippen LogP contribution in [0.3, 0.4) is 0 Å². The van der Waals surface area contributed by atoms with E-state index in [0.29, 0.717) is 35.3 Å². The third kappa shape index (κ3) is 4.30. The van der Waals surface area contributed by atoms with Crippen molar-refractivity contribution in [3.8, 4) is 22.9 Å². The van der Waals surface area contributed by atoms with Gasteiger partial charge in [-0.3, -0.25) is 4.21 Å². The number of aromatic nitrogens is 3. The summed E-state index contributed by atoms with van der Waals surface area (Å²) in [7, 11) is 0.480. The number of benzene rings is 2. The topological polar surface area (TPSA) is 77.1 Å². The first-order valence-corrected chi connectivity index (χ1v) is 10.5. The molecule has 4 aromatic rings. The molecule has 1 atom stereocenters. The zero-order valence-electron chi connectivity index (χ0n) is 16.2. The highest BCUT2D eigenvalue weighted by Gasteiger charge is 2.14. The van der Waals surface area contributed by atoms with Crippen molar-refractivity contribution in [1.82, 2.24) is 15.0 Å². The molecule has 0 aliphatic carbocycles. The molecule has 0 spiro atoms. The molecule has 6 nitrogen and oxygen atoms in total. The predicted octanol–water partition coefficient (Wildman–Crippen LogP) is 4.13. The minimum absolute atomic E-state index is 0.305. The molecule has 148 valence electrons. The Hall–Kier alpha value is -3.19. The lowest BCUT2D eigenvalue weighted by Crippen LogP contribution is -2.09. The Labute approximate surface area is 171 Å². The average Bonchev–Trinajstić information content (AvgIpc) is 3.17. The van der Waals surface area contributed by atoms with Gasteiger partial charge in [0, 0.05) is 17.2 Å². The maximum absolute atomic E-state index is 12.6. The summed E-state index contributed by atoms with van der Waals surface area (Å²) >= 11 is 0. The lowest BCUT2D eigenvalue weighted by molar-refractivity contribution is 0.339. The molecule has 0 amide bonds. The highest BCUT2D eigenvalue weighted by atomic mass is 32.2. The van der Waals surface area contributed by atoms with Crippen molar-refractivity contribution in [2.45, 2.75) is 11.8 Å². The van der Waals surface area contributed by atoms with Crippen LogP contribution < -0.4 is 9.47 Å². The number of aryl methyl sites for hydroxylation is 1. The van der Waals surface area contributed by atoms with Crippen molar-refractivity contribution >= 4 is 22.0 Å². The fourth-order valence-electron chi connectivity index (χ4n) is 3.02. The van der Waals surface area contributed by atoms with Crippen LogP contribution >= 0.6 is 0 Å². The third-order valence-corrected chi connectivity index (χ3v) is 5.80. The van der Waals surface area contributed by atoms with Crippen LogP contribution in [0.1, 0.15) is 5.56 Å². The molecule has 0 fully saturated rings. The molecule has 2 aromatic carbocycles. The zero-order chi connectivity index (χ0) is 20.2.